The predicted molar refractivity (Wildman–Crippen MR) is 98.8 cm³/mol. The van der Waals surface area contributed by atoms with Crippen LogP contribution >= 0.6 is 0 Å². The van der Waals surface area contributed by atoms with Crippen molar-refractivity contribution in [2.45, 2.75) is 12.5 Å². The second kappa shape index (κ2) is 7.05. The first kappa shape index (κ1) is 17.8. The number of ether oxygens (including phenoxy) is 2. The molecule has 0 spiro atoms. The van der Waals surface area contributed by atoms with E-state index in [0.717, 1.165) is 11.1 Å². The highest BCUT2D eigenvalue weighted by Crippen LogP contribution is 2.26. The number of esters is 1. The van der Waals surface area contributed by atoms with E-state index in [2.05, 4.69) is 4.74 Å². The molecule has 0 aliphatic heterocycles. The van der Waals surface area contributed by atoms with Gasteiger partial charge < -0.3 is 15.2 Å². The lowest BCUT2D eigenvalue weighted by atomic mass is 10.1. The minimum atomic E-state index is -0.716. The fourth-order valence-corrected chi connectivity index (χ4v) is 3.03. The molecule has 0 saturated heterocycles. The Hall–Kier alpha value is -3.06. The summed E-state index contributed by atoms with van der Waals surface area (Å²) in [5, 5.41) is 0. The van der Waals surface area contributed by atoms with Crippen LogP contribution in [0, 0.1) is 0 Å². The quantitative estimate of drug-likeness (QED) is 0.699. The number of rotatable bonds is 5. The number of nitrogens with zero attached hydrogens (tertiary/aromatic N) is 2. The fraction of sp³-hybridized carbons (Fsp3) is 0.263. The Bertz CT molecular complexity index is 1000. The second-order valence-electron chi connectivity index (χ2n) is 6.01. The van der Waals surface area contributed by atoms with Crippen LogP contribution < -0.4 is 16.2 Å². The van der Waals surface area contributed by atoms with E-state index < -0.39 is 12.0 Å². The molecule has 0 amide bonds. The summed E-state index contributed by atoms with van der Waals surface area (Å²) in [6, 6.07) is 12.2. The highest BCUT2D eigenvalue weighted by Gasteiger charge is 2.17. The number of para-hydroxylation sites is 1. The number of carbonyl (C=O) groups excluding carboxylic acids is 1. The Balaban J connectivity index is 2.04. The lowest BCUT2D eigenvalue weighted by molar-refractivity contribution is -0.142. The number of aromatic nitrogens is 2. The lowest BCUT2D eigenvalue weighted by Crippen LogP contribution is -2.33. The van der Waals surface area contributed by atoms with E-state index >= 15 is 0 Å². The fourth-order valence-electron chi connectivity index (χ4n) is 3.03. The van der Waals surface area contributed by atoms with Crippen molar-refractivity contribution in [3.63, 3.8) is 0 Å². The molecular formula is C19H21N3O4. The molecular weight excluding hydrogens is 334 g/mol. The van der Waals surface area contributed by atoms with Gasteiger partial charge in [-0.1, -0.05) is 18.2 Å². The molecule has 0 saturated carbocycles. The monoisotopic (exact) mass is 355 g/mol. The van der Waals surface area contributed by atoms with Crippen molar-refractivity contribution >= 4 is 17.0 Å². The van der Waals surface area contributed by atoms with Gasteiger partial charge in [-0.15, -0.1) is 0 Å². The number of hydrogen-bond donors (Lipinski definition) is 1. The Morgan fingerprint density at radius 2 is 1.85 bits per heavy atom. The standard InChI is InChI=1S/C19H21N3O4/c1-21-15-5-4-6-16(25-2)17(15)22(19(21)24)13-9-7-12(8-10-13)11-14(20)18(23)26-3/h4-10,14H,11,20H2,1-3H3/t14-/m0/s1. The summed E-state index contributed by atoms with van der Waals surface area (Å²) < 4.78 is 13.3. The summed E-state index contributed by atoms with van der Waals surface area (Å²) in [5.41, 5.74) is 8.72. The Morgan fingerprint density at radius 1 is 1.15 bits per heavy atom. The van der Waals surface area contributed by atoms with E-state index in [9.17, 15) is 9.59 Å². The Kier molecular flexibility index (Phi) is 4.81. The third kappa shape index (κ3) is 2.97. The van der Waals surface area contributed by atoms with Gasteiger partial charge in [-0.2, -0.15) is 0 Å². The zero-order valence-electron chi connectivity index (χ0n) is 14.9. The van der Waals surface area contributed by atoms with Crippen LogP contribution in [0.3, 0.4) is 0 Å². The van der Waals surface area contributed by atoms with Gasteiger partial charge in [0.25, 0.3) is 0 Å². The summed E-state index contributed by atoms with van der Waals surface area (Å²) >= 11 is 0. The normalized spacial score (nSPS) is 12.2. The number of aryl methyl sites for hydroxylation is 1. The van der Waals surface area contributed by atoms with Gasteiger partial charge in [0.05, 0.1) is 25.4 Å². The molecule has 1 aromatic heterocycles. The molecule has 0 aliphatic carbocycles. The molecule has 0 radical (unpaired) electrons. The first-order valence-corrected chi connectivity index (χ1v) is 8.15. The van der Waals surface area contributed by atoms with Gasteiger partial charge >= 0.3 is 11.7 Å². The number of imidazole rings is 1. The summed E-state index contributed by atoms with van der Waals surface area (Å²) in [4.78, 5) is 24.2. The molecule has 1 heterocycles. The zero-order valence-corrected chi connectivity index (χ0v) is 14.9. The average Bonchev–Trinajstić information content (AvgIpc) is 2.92. The molecule has 0 unspecified atom stereocenters. The largest absolute Gasteiger partial charge is 0.494 e. The number of nitrogens with two attached hydrogens (primary N) is 1. The van der Waals surface area contributed by atoms with E-state index in [1.54, 1.807) is 23.3 Å². The average molecular weight is 355 g/mol. The third-order valence-electron chi connectivity index (χ3n) is 4.41. The molecule has 1 atom stereocenters. The SMILES string of the molecule is COC(=O)[C@@H](N)Cc1ccc(-n2c(=O)n(C)c3cccc(OC)c32)cc1. The third-order valence-corrected chi connectivity index (χ3v) is 4.41. The molecule has 0 fully saturated rings. The van der Waals surface area contributed by atoms with Crippen molar-refractivity contribution in [1.29, 1.82) is 0 Å². The van der Waals surface area contributed by atoms with E-state index in [-0.39, 0.29) is 5.69 Å². The number of methoxy groups -OCH3 is 2. The van der Waals surface area contributed by atoms with Gasteiger partial charge in [-0.25, -0.2) is 4.79 Å². The molecule has 2 N–H and O–H groups in total. The molecule has 26 heavy (non-hydrogen) atoms. The first-order valence-electron chi connectivity index (χ1n) is 8.15. The maximum absolute atomic E-state index is 12.7. The van der Waals surface area contributed by atoms with Crippen molar-refractivity contribution in [2.24, 2.45) is 12.8 Å². The first-order chi connectivity index (χ1) is 12.5. The van der Waals surface area contributed by atoms with Gasteiger partial charge in [0.1, 0.15) is 17.3 Å². The second-order valence-corrected chi connectivity index (χ2v) is 6.01. The summed E-state index contributed by atoms with van der Waals surface area (Å²) in [7, 11) is 4.61. The Morgan fingerprint density at radius 3 is 2.46 bits per heavy atom. The van der Waals surface area contributed by atoms with Crippen molar-refractivity contribution in [2.75, 3.05) is 14.2 Å². The summed E-state index contributed by atoms with van der Waals surface area (Å²) in [6.07, 6.45) is 0.362. The van der Waals surface area contributed by atoms with Crippen molar-refractivity contribution in [3.05, 3.63) is 58.5 Å². The molecule has 0 aliphatic rings. The minimum absolute atomic E-state index is 0.163. The van der Waals surface area contributed by atoms with E-state index in [4.69, 9.17) is 10.5 Å². The van der Waals surface area contributed by atoms with Crippen LogP contribution in [-0.4, -0.2) is 35.4 Å². The van der Waals surface area contributed by atoms with Crippen LogP contribution in [0.2, 0.25) is 0 Å². The van der Waals surface area contributed by atoms with Crippen molar-refractivity contribution in [3.8, 4) is 11.4 Å². The topological polar surface area (TPSA) is 88.5 Å². The number of fused-ring (bicyclic) bond motifs is 1. The lowest BCUT2D eigenvalue weighted by Gasteiger charge is -2.11. The summed E-state index contributed by atoms with van der Waals surface area (Å²) in [5.74, 6) is 0.168. The van der Waals surface area contributed by atoms with Crippen LogP contribution in [0.4, 0.5) is 0 Å². The van der Waals surface area contributed by atoms with Gasteiger partial charge in [-0.3, -0.25) is 13.9 Å². The van der Waals surface area contributed by atoms with E-state index in [1.807, 2.05) is 42.5 Å². The maximum atomic E-state index is 12.7. The van der Waals surface area contributed by atoms with Crippen LogP contribution in [0.1, 0.15) is 5.56 Å². The predicted octanol–water partition coefficient (Wildman–Crippen LogP) is 1.38. The summed E-state index contributed by atoms with van der Waals surface area (Å²) in [6.45, 7) is 0. The van der Waals surface area contributed by atoms with Gasteiger partial charge in [-0.05, 0) is 36.2 Å². The molecule has 3 aromatic rings. The van der Waals surface area contributed by atoms with Crippen LogP contribution in [0.5, 0.6) is 5.75 Å². The number of hydrogen-bond acceptors (Lipinski definition) is 5. The van der Waals surface area contributed by atoms with E-state index in [0.29, 0.717) is 23.4 Å². The van der Waals surface area contributed by atoms with Gasteiger partial charge in [0.2, 0.25) is 0 Å². The van der Waals surface area contributed by atoms with Crippen LogP contribution in [0.15, 0.2) is 47.3 Å². The zero-order chi connectivity index (χ0) is 18.8. The van der Waals surface area contributed by atoms with Gasteiger partial charge in [0.15, 0.2) is 0 Å². The highest BCUT2D eigenvalue weighted by molar-refractivity contribution is 5.84. The van der Waals surface area contributed by atoms with Crippen LogP contribution in [0.25, 0.3) is 16.7 Å². The Labute approximate surface area is 150 Å². The molecule has 3 rings (SSSR count). The molecule has 7 nitrogen and oxygen atoms in total. The maximum Gasteiger partial charge on any atom is 0.333 e. The molecule has 136 valence electrons. The van der Waals surface area contributed by atoms with Crippen LogP contribution in [-0.2, 0) is 23.0 Å². The molecule has 2 aromatic carbocycles. The molecule has 0 bridgehead atoms. The molecule has 7 heteroatoms. The minimum Gasteiger partial charge on any atom is -0.494 e. The van der Waals surface area contributed by atoms with Gasteiger partial charge in [0, 0.05) is 7.05 Å². The van der Waals surface area contributed by atoms with Crippen molar-refractivity contribution < 1.29 is 14.3 Å². The van der Waals surface area contributed by atoms with Crippen molar-refractivity contribution in [1.82, 2.24) is 9.13 Å². The smallest absolute Gasteiger partial charge is 0.333 e. The number of benzene rings is 2. The van der Waals surface area contributed by atoms with E-state index in [1.165, 1.54) is 7.11 Å². The highest BCUT2D eigenvalue weighted by atomic mass is 16.5. The number of carbonyl (C=O) groups is 1.